The van der Waals surface area contributed by atoms with Crippen LogP contribution in [0.5, 0.6) is 5.75 Å². The summed E-state index contributed by atoms with van der Waals surface area (Å²) in [4.78, 5) is 22.9. The lowest BCUT2D eigenvalue weighted by atomic mass is 9.94. The van der Waals surface area contributed by atoms with Crippen LogP contribution in [0, 0.1) is 10.1 Å². The summed E-state index contributed by atoms with van der Waals surface area (Å²) >= 11 is 0. The van der Waals surface area contributed by atoms with E-state index in [2.05, 4.69) is 10.6 Å². The molecule has 23 heavy (non-hydrogen) atoms. The monoisotopic (exact) mass is 313 g/mol. The van der Waals surface area contributed by atoms with Crippen LogP contribution in [-0.4, -0.2) is 18.1 Å². The van der Waals surface area contributed by atoms with E-state index >= 15 is 0 Å². The first-order chi connectivity index (χ1) is 11.0. The average molecular weight is 313 g/mol. The van der Waals surface area contributed by atoms with Crippen molar-refractivity contribution in [3.63, 3.8) is 0 Å². The second kappa shape index (κ2) is 5.60. The van der Waals surface area contributed by atoms with E-state index in [4.69, 9.17) is 4.74 Å². The van der Waals surface area contributed by atoms with Crippen LogP contribution in [0.15, 0.2) is 47.8 Å². The van der Waals surface area contributed by atoms with Crippen molar-refractivity contribution in [3.05, 3.63) is 63.5 Å². The predicted octanol–water partition coefficient (Wildman–Crippen LogP) is 2.71. The molecule has 2 aromatic carbocycles. The molecule has 0 saturated carbocycles. The highest BCUT2D eigenvalue weighted by molar-refractivity contribution is 5.90. The standard InChI is InChI=1S/C16H15N3O4/c1-9-15(19(21)22)14(18-16(20)17-9)13-11-6-4-3-5-10(11)7-8-12(13)23-2/h3-8,14H,1-2H3,(H2,17,18,20)/t14-/m1/s1. The number of hydrogen-bond acceptors (Lipinski definition) is 4. The zero-order chi connectivity index (χ0) is 16.6. The average Bonchev–Trinajstić information content (AvgIpc) is 2.52. The highest BCUT2D eigenvalue weighted by Gasteiger charge is 2.37. The van der Waals surface area contributed by atoms with E-state index in [1.54, 1.807) is 6.07 Å². The van der Waals surface area contributed by atoms with Crippen molar-refractivity contribution >= 4 is 16.8 Å². The molecular weight excluding hydrogens is 298 g/mol. The largest absolute Gasteiger partial charge is 0.496 e. The lowest BCUT2D eigenvalue weighted by Crippen LogP contribution is -2.45. The predicted molar refractivity (Wildman–Crippen MR) is 84.6 cm³/mol. The second-order valence-electron chi connectivity index (χ2n) is 5.20. The SMILES string of the molecule is COc1ccc2ccccc2c1[C@H]1NC(=O)NC(C)=C1[N+](=O)[O-]. The Hall–Kier alpha value is -3.09. The van der Waals surface area contributed by atoms with Gasteiger partial charge in [-0.1, -0.05) is 30.3 Å². The lowest BCUT2D eigenvalue weighted by molar-refractivity contribution is -0.432. The van der Waals surface area contributed by atoms with Crippen molar-refractivity contribution in [1.82, 2.24) is 10.6 Å². The van der Waals surface area contributed by atoms with Crippen LogP contribution < -0.4 is 15.4 Å². The van der Waals surface area contributed by atoms with Crippen LogP contribution in [0.3, 0.4) is 0 Å². The van der Waals surface area contributed by atoms with E-state index < -0.39 is 17.0 Å². The molecule has 0 unspecified atom stereocenters. The van der Waals surface area contributed by atoms with Gasteiger partial charge < -0.3 is 15.4 Å². The van der Waals surface area contributed by atoms with Gasteiger partial charge in [-0.2, -0.15) is 0 Å². The van der Waals surface area contributed by atoms with Crippen LogP contribution in [-0.2, 0) is 0 Å². The minimum Gasteiger partial charge on any atom is -0.496 e. The van der Waals surface area contributed by atoms with Crippen molar-refractivity contribution in [2.45, 2.75) is 13.0 Å². The summed E-state index contributed by atoms with van der Waals surface area (Å²) in [6.07, 6.45) is 0. The Morgan fingerprint density at radius 1 is 1.22 bits per heavy atom. The minimum atomic E-state index is -0.889. The Morgan fingerprint density at radius 2 is 1.96 bits per heavy atom. The van der Waals surface area contributed by atoms with Crippen molar-refractivity contribution in [3.8, 4) is 5.75 Å². The third kappa shape index (κ3) is 2.46. The molecule has 0 spiro atoms. The van der Waals surface area contributed by atoms with Crippen molar-refractivity contribution in [2.75, 3.05) is 7.11 Å². The fourth-order valence-corrected chi connectivity index (χ4v) is 2.89. The normalized spacial score (nSPS) is 17.7. The number of urea groups is 1. The Labute approximate surface area is 132 Å². The molecule has 0 bridgehead atoms. The molecule has 1 heterocycles. The van der Waals surface area contributed by atoms with E-state index in [0.29, 0.717) is 11.3 Å². The molecule has 0 fully saturated rings. The highest BCUT2D eigenvalue weighted by atomic mass is 16.6. The highest BCUT2D eigenvalue weighted by Crippen LogP contribution is 2.38. The number of hydrogen-bond donors (Lipinski definition) is 2. The molecule has 0 radical (unpaired) electrons. The zero-order valence-corrected chi connectivity index (χ0v) is 12.6. The number of carbonyl (C=O) groups excluding carboxylic acids is 1. The Morgan fingerprint density at radius 3 is 2.65 bits per heavy atom. The zero-order valence-electron chi connectivity index (χ0n) is 12.6. The number of nitrogens with one attached hydrogen (secondary N) is 2. The summed E-state index contributed by atoms with van der Waals surface area (Å²) in [5.74, 6) is 0.489. The molecule has 118 valence electrons. The number of rotatable bonds is 3. The van der Waals surface area contributed by atoms with Gasteiger partial charge in [0.1, 0.15) is 5.75 Å². The Bertz CT molecular complexity index is 844. The van der Waals surface area contributed by atoms with Gasteiger partial charge in [0.25, 0.3) is 5.70 Å². The maximum Gasteiger partial charge on any atom is 0.320 e. The molecule has 7 nitrogen and oxygen atoms in total. The minimum absolute atomic E-state index is 0.0979. The lowest BCUT2D eigenvalue weighted by Gasteiger charge is -2.25. The molecule has 0 aliphatic carbocycles. The quantitative estimate of drug-likeness (QED) is 0.673. The van der Waals surface area contributed by atoms with Crippen LogP contribution in [0.2, 0.25) is 0 Å². The summed E-state index contributed by atoms with van der Waals surface area (Å²) < 4.78 is 5.39. The molecule has 0 saturated heterocycles. The second-order valence-corrected chi connectivity index (χ2v) is 5.20. The number of nitro groups is 1. The molecular formula is C16H15N3O4. The van der Waals surface area contributed by atoms with Gasteiger partial charge in [0.05, 0.1) is 17.7 Å². The van der Waals surface area contributed by atoms with Gasteiger partial charge in [0.15, 0.2) is 6.04 Å². The van der Waals surface area contributed by atoms with Gasteiger partial charge in [-0.25, -0.2) is 4.79 Å². The van der Waals surface area contributed by atoms with Gasteiger partial charge in [0, 0.05) is 5.56 Å². The van der Waals surface area contributed by atoms with E-state index in [9.17, 15) is 14.9 Å². The van der Waals surface area contributed by atoms with Crippen molar-refractivity contribution in [1.29, 1.82) is 0 Å². The van der Waals surface area contributed by atoms with Crippen LogP contribution in [0.1, 0.15) is 18.5 Å². The smallest absolute Gasteiger partial charge is 0.320 e. The number of benzene rings is 2. The third-order valence-electron chi connectivity index (χ3n) is 3.87. The summed E-state index contributed by atoms with van der Waals surface area (Å²) in [5, 5.41) is 18.3. The van der Waals surface area contributed by atoms with E-state index in [-0.39, 0.29) is 11.4 Å². The van der Waals surface area contributed by atoms with Gasteiger partial charge >= 0.3 is 6.03 Å². The van der Waals surface area contributed by atoms with E-state index in [1.165, 1.54) is 14.0 Å². The van der Waals surface area contributed by atoms with Crippen molar-refractivity contribution < 1.29 is 14.5 Å². The number of ether oxygens (including phenoxy) is 1. The van der Waals surface area contributed by atoms with Gasteiger partial charge in [0.2, 0.25) is 0 Å². The first kappa shape index (κ1) is 14.8. The van der Waals surface area contributed by atoms with E-state index in [1.807, 2.05) is 30.3 Å². The maximum absolute atomic E-state index is 11.8. The van der Waals surface area contributed by atoms with Crippen LogP contribution >= 0.6 is 0 Å². The molecule has 7 heteroatoms. The van der Waals surface area contributed by atoms with Crippen LogP contribution in [0.4, 0.5) is 4.79 Å². The summed E-state index contributed by atoms with van der Waals surface area (Å²) in [5.41, 5.74) is 0.699. The Kier molecular flexibility index (Phi) is 3.61. The van der Waals surface area contributed by atoms with Gasteiger partial charge in [-0.15, -0.1) is 0 Å². The van der Waals surface area contributed by atoms with Gasteiger partial charge in [-0.3, -0.25) is 10.1 Å². The molecule has 1 aliphatic rings. The molecule has 2 amide bonds. The fraction of sp³-hybridized carbons (Fsp3) is 0.188. The molecule has 2 N–H and O–H groups in total. The Balaban J connectivity index is 2.31. The summed E-state index contributed by atoms with van der Waals surface area (Å²) in [6, 6.07) is 9.75. The third-order valence-corrected chi connectivity index (χ3v) is 3.87. The molecule has 1 aliphatic heterocycles. The number of fused-ring (bicyclic) bond motifs is 1. The molecule has 3 rings (SSSR count). The number of methoxy groups -OCH3 is 1. The number of allylic oxidation sites excluding steroid dienone is 1. The summed E-state index contributed by atoms with van der Waals surface area (Å²) in [6.45, 7) is 1.52. The van der Waals surface area contributed by atoms with E-state index in [0.717, 1.165) is 10.8 Å². The summed E-state index contributed by atoms with van der Waals surface area (Å²) in [7, 11) is 1.50. The number of carbonyl (C=O) groups is 1. The first-order valence-corrected chi connectivity index (χ1v) is 7.01. The topological polar surface area (TPSA) is 93.5 Å². The van der Waals surface area contributed by atoms with Crippen molar-refractivity contribution in [2.24, 2.45) is 0 Å². The maximum atomic E-state index is 11.8. The molecule has 1 atom stereocenters. The molecule has 0 aromatic heterocycles. The molecule has 2 aromatic rings. The first-order valence-electron chi connectivity index (χ1n) is 7.01. The number of amides is 2. The van der Waals surface area contributed by atoms with Gasteiger partial charge in [-0.05, 0) is 23.8 Å². The van der Waals surface area contributed by atoms with Crippen LogP contribution in [0.25, 0.3) is 10.8 Å². The number of nitrogens with zero attached hydrogens (tertiary/aromatic N) is 1. The fourth-order valence-electron chi connectivity index (χ4n) is 2.89.